The molecule has 1 unspecified atom stereocenters. The van der Waals surface area contributed by atoms with Crippen molar-refractivity contribution in [2.24, 2.45) is 0 Å². The quantitative estimate of drug-likeness (QED) is 0.926. The van der Waals surface area contributed by atoms with Gasteiger partial charge in [-0.3, -0.25) is 4.90 Å². The van der Waals surface area contributed by atoms with E-state index >= 15 is 0 Å². The molecule has 2 heterocycles. The molecule has 106 valence electrons. The fourth-order valence-electron chi connectivity index (χ4n) is 2.67. The number of benzene rings is 1. The average molecular weight is 271 g/mol. The van der Waals surface area contributed by atoms with Crippen molar-refractivity contribution >= 4 is 0 Å². The predicted octanol–water partition coefficient (Wildman–Crippen LogP) is 2.13. The lowest BCUT2D eigenvalue weighted by Crippen LogP contribution is -2.34. The highest BCUT2D eigenvalue weighted by Gasteiger charge is 2.17. The maximum absolute atomic E-state index is 10.2. The summed E-state index contributed by atoms with van der Waals surface area (Å²) in [5.74, 6) is 1.13. The molecule has 1 aliphatic heterocycles. The largest absolute Gasteiger partial charge is 0.388 e. The van der Waals surface area contributed by atoms with Gasteiger partial charge in [-0.15, -0.1) is 0 Å². The van der Waals surface area contributed by atoms with Gasteiger partial charge in [0.25, 0.3) is 0 Å². The van der Waals surface area contributed by atoms with Crippen LogP contribution in [-0.2, 0) is 13.1 Å². The van der Waals surface area contributed by atoms with Crippen LogP contribution in [0.25, 0.3) is 0 Å². The van der Waals surface area contributed by atoms with Crippen molar-refractivity contribution in [1.29, 1.82) is 0 Å². The summed E-state index contributed by atoms with van der Waals surface area (Å²) in [7, 11) is 0. The topological polar surface area (TPSA) is 41.3 Å². The minimum atomic E-state index is -0.378. The first kappa shape index (κ1) is 13.3. The first-order valence-electron chi connectivity index (χ1n) is 7.19. The Morgan fingerprint density at radius 3 is 2.85 bits per heavy atom. The van der Waals surface area contributed by atoms with Crippen molar-refractivity contribution in [3.05, 3.63) is 53.6 Å². The van der Waals surface area contributed by atoms with Crippen LogP contribution in [-0.4, -0.2) is 32.6 Å². The summed E-state index contributed by atoms with van der Waals surface area (Å²) >= 11 is 0. The third-order valence-corrected chi connectivity index (χ3v) is 4.00. The van der Waals surface area contributed by atoms with E-state index in [2.05, 4.69) is 33.5 Å². The van der Waals surface area contributed by atoms with Gasteiger partial charge in [0.2, 0.25) is 0 Å². The van der Waals surface area contributed by atoms with Crippen molar-refractivity contribution in [2.75, 3.05) is 13.1 Å². The second-order valence-corrected chi connectivity index (χ2v) is 5.53. The fraction of sp³-hybridized carbons (Fsp3) is 0.438. The minimum Gasteiger partial charge on any atom is -0.388 e. The second kappa shape index (κ2) is 5.77. The van der Waals surface area contributed by atoms with Gasteiger partial charge < -0.3 is 9.67 Å². The summed E-state index contributed by atoms with van der Waals surface area (Å²) in [6.07, 6.45) is 4.29. The minimum absolute atomic E-state index is 0.378. The van der Waals surface area contributed by atoms with Crippen LogP contribution < -0.4 is 0 Å². The molecule has 20 heavy (non-hydrogen) atoms. The van der Waals surface area contributed by atoms with E-state index in [1.807, 2.05) is 24.5 Å². The Bertz CT molecular complexity index is 561. The molecule has 0 bridgehead atoms. The number of aliphatic hydroxyl groups excluding tert-OH is 1. The lowest BCUT2D eigenvalue weighted by Gasteiger charge is -2.28. The Morgan fingerprint density at radius 2 is 2.05 bits per heavy atom. The van der Waals surface area contributed by atoms with Gasteiger partial charge in [-0.05, 0) is 18.9 Å². The van der Waals surface area contributed by atoms with Crippen LogP contribution in [0.1, 0.15) is 29.5 Å². The Labute approximate surface area is 119 Å². The summed E-state index contributed by atoms with van der Waals surface area (Å²) in [6, 6.07) is 8.14. The summed E-state index contributed by atoms with van der Waals surface area (Å²) < 4.78 is 2.20. The van der Waals surface area contributed by atoms with Crippen molar-refractivity contribution in [3.63, 3.8) is 0 Å². The number of aliphatic hydroxyl groups is 1. The van der Waals surface area contributed by atoms with E-state index < -0.39 is 0 Å². The number of rotatable bonds is 4. The van der Waals surface area contributed by atoms with Gasteiger partial charge in [0.1, 0.15) is 5.82 Å². The molecule has 1 aromatic carbocycles. The Balaban J connectivity index is 1.54. The average Bonchev–Trinajstić information content (AvgIpc) is 2.93. The first-order chi connectivity index (χ1) is 9.72. The molecule has 0 radical (unpaired) electrons. The van der Waals surface area contributed by atoms with Crippen molar-refractivity contribution in [2.45, 2.75) is 32.5 Å². The standard InChI is InChI=1S/C16H21N3O/c1-13-2-4-14(5-3-13)15(20)6-8-18-10-11-19-9-7-17-16(19)12-18/h2-5,7,9,15,20H,6,8,10-12H2,1H3. The maximum atomic E-state index is 10.2. The number of nitrogens with zero attached hydrogens (tertiary/aromatic N) is 3. The lowest BCUT2D eigenvalue weighted by atomic mass is 10.0. The zero-order valence-electron chi connectivity index (χ0n) is 11.9. The second-order valence-electron chi connectivity index (χ2n) is 5.53. The molecule has 1 N–H and O–H groups in total. The molecule has 0 fully saturated rings. The number of hydrogen-bond donors (Lipinski definition) is 1. The molecule has 0 aliphatic carbocycles. The molecule has 0 spiro atoms. The molecule has 2 aromatic rings. The van der Waals surface area contributed by atoms with Crippen LogP contribution >= 0.6 is 0 Å². The summed E-state index contributed by atoms with van der Waals surface area (Å²) in [4.78, 5) is 6.72. The molecule has 4 heteroatoms. The van der Waals surface area contributed by atoms with Crippen LogP contribution in [0.15, 0.2) is 36.7 Å². The first-order valence-corrected chi connectivity index (χ1v) is 7.19. The monoisotopic (exact) mass is 271 g/mol. The molecule has 3 rings (SSSR count). The molecule has 1 aromatic heterocycles. The Kier molecular flexibility index (Phi) is 3.85. The van der Waals surface area contributed by atoms with E-state index in [1.54, 1.807) is 0 Å². The SMILES string of the molecule is Cc1ccc(C(O)CCN2CCn3ccnc3C2)cc1. The summed E-state index contributed by atoms with van der Waals surface area (Å²) in [5, 5.41) is 10.2. The third kappa shape index (κ3) is 2.92. The normalized spacial score (nSPS) is 16.9. The van der Waals surface area contributed by atoms with Crippen LogP contribution in [0, 0.1) is 6.92 Å². The Morgan fingerprint density at radius 1 is 1.25 bits per heavy atom. The number of aromatic nitrogens is 2. The molecule has 1 atom stereocenters. The molecular weight excluding hydrogens is 250 g/mol. The number of aryl methyl sites for hydroxylation is 1. The van der Waals surface area contributed by atoms with Gasteiger partial charge >= 0.3 is 0 Å². The molecule has 0 saturated heterocycles. The summed E-state index contributed by atoms with van der Waals surface area (Å²) in [6.45, 7) is 5.88. The number of imidazole rings is 1. The molecule has 0 saturated carbocycles. The van der Waals surface area contributed by atoms with Gasteiger partial charge in [0, 0.05) is 32.0 Å². The highest BCUT2D eigenvalue weighted by Crippen LogP contribution is 2.19. The molecular formula is C16H21N3O. The zero-order chi connectivity index (χ0) is 13.9. The van der Waals surface area contributed by atoms with E-state index in [0.717, 1.165) is 44.0 Å². The van der Waals surface area contributed by atoms with Gasteiger partial charge in [0.05, 0.1) is 12.6 Å². The molecule has 0 amide bonds. The fourth-order valence-corrected chi connectivity index (χ4v) is 2.67. The third-order valence-electron chi connectivity index (χ3n) is 4.00. The van der Waals surface area contributed by atoms with Crippen LogP contribution in [0.2, 0.25) is 0 Å². The van der Waals surface area contributed by atoms with E-state index in [-0.39, 0.29) is 6.10 Å². The Hall–Kier alpha value is -1.65. The van der Waals surface area contributed by atoms with Crippen LogP contribution in [0.3, 0.4) is 0 Å². The number of fused-ring (bicyclic) bond motifs is 1. The van der Waals surface area contributed by atoms with E-state index in [4.69, 9.17) is 0 Å². The zero-order valence-corrected chi connectivity index (χ0v) is 11.9. The summed E-state index contributed by atoms with van der Waals surface area (Å²) in [5.41, 5.74) is 2.23. The maximum Gasteiger partial charge on any atom is 0.122 e. The highest BCUT2D eigenvalue weighted by molar-refractivity contribution is 5.23. The van der Waals surface area contributed by atoms with E-state index in [9.17, 15) is 5.11 Å². The van der Waals surface area contributed by atoms with Crippen molar-refractivity contribution in [1.82, 2.24) is 14.5 Å². The smallest absolute Gasteiger partial charge is 0.122 e. The molecule has 1 aliphatic rings. The van der Waals surface area contributed by atoms with Crippen LogP contribution in [0.5, 0.6) is 0 Å². The van der Waals surface area contributed by atoms with E-state index in [0.29, 0.717) is 0 Å². The van der Waals surface area contributed by atoms with Gasteiger partial charge in [-0.2, -0.15) is 0 Å². The van der Waals surface area contributed by atoms with Crippen molar-refractivity contribution < 1.29 is 5.11 Å². The van der Waals surface area contributed by atoms with Gasteiger partial charge in [0.15, 0.2) is 0 Å². The highest BCUT2D eigenvalue weighted by atomic mass is 16.3. The van der Waals surface area contributed by atoms with Gasteiger partial charge in [-0.25, -0.2) is 4.98 Å². The van der Waals surface area contributed by atoms with Gasteiger partial charge in [-0.1, -0.05) is 29.8 Å². The number of hydrogen-bond acceptors (Lipinski definition) is 3. The molecule has 4 nitrogen and oxygen atoms in total. The predicted molar refractivity (Wildman–Crippen MR) is 78.3 cm³/mol. The van der Waals surface area contributed by atoms with Crippen LogP contribution in [0.4, 0.5) is 0 Å². The van der Waals surface area contributed by atoms with E-state index in [1.165, 1.54) is 5.56 Å². The van der Waals surface area contributed by atoms with Crippen molar-refractivity contribution in [3.8, 4) is 0 Å². The lowest BCUT2D eigenvalue weighted by molar-refractivity contribution is 0.130.